The van der Waals surface area contributed by atoms with Crippen LogP contribution >= 0.6 is 0 Å². The number of Topliss-reactive ketones (excluding diaryl/α,β-unsaturated/α-hetero) is 1. The van der Waals surface area contributed by atoms with Crippen molar-refractivity contribution in [2.24, 2.45) is 5.92 Å². The summed E-state index contributed by atoms with van der Waals surface area (Å²) < 4.78 is 5.50. The second-order valence-corrected chi connectivity index (χ2v) is 3.98. The van der Waals surface area contributed by atoms with Gasteiger partial charge in [0.15, 0.2) is 5.78 Å². The zero-order valence-electron chi connectivity index (χ0n) is 9.57. The molecule has 0 aliphatic heterocycles. The Balaban J connectivity index is 2.44. The van der Waals surface area contributed by atoms with Crippen molar-refractivity contribution in [1.29, 1.82) is 0 Å². The van der Waals surface area contributed by atoms with Gasteiger partial charge in [-0.05, 0) is 12.5 Å². The van der Waals surface area contributed by atoms with Crippen molar-refractivity contribution >= 4 is 5.78 Å². The Morgan fingerprint density at radius 1 is 1.20 bits per heavy atom. The van der Waals surface area contributed by atoms with Gasteiger partial charge in [-0.15, -0.1) is 0 Å². The van der Waals surface area contributed by atoms with Crippen molar-refractivity contribution in [3.05, 3.63) is 35.9 Å². The molecule has 1 unspecified atom stereocenters. The number of ether oxygens (including phenoxy) is 1. The lowest BCUT2D eigenvalue weighted by molar-refractivity contribution is -0.128. The number of carbonyl (C=O) groups excluding carboxylic acids is 1. The summed E-state index contributed by atoms with van der Waals surface area (Å²) in [5, 5.41) is 0. The van der Waals surface area contributed by atoms with Gasteiger partial charge in [0.2, 0.25) is 0 Å². The third kappa shape index (κ3) is 3.84. The molecule has 15 heavy (non-hydrogen) atoms. The lowest BCUT2D eigenvalue weighted by Crippen LogP contribution is -2.16. The average Bonchev–Trinajstić information content (AvgIpc) is 2.26. The number of rotatable bonds is 5. The van der Waals surface area contributed by atoms with Crippen molar-refractivity contribution in [2.75, 3.05) is 6.61 Å². The van der Waals surface area contributed by atoms with Crippen LogP contribution in [0.25, 0.3) is 0 Å². The fourth-order valence-corrected chi connectivity index (χ4v) is 1.19. The predicted molar refractivity (Wildman–Crippen MR) is 60.7 cm³/mol. The van der Waals surface area contributed by atoms with Crippen LogP contribution in [0.2, 0.25) is 0 Å². The summed E-state index contributed by atoms with van der Waals surface area (Å²) in [6.45, 7) is 5.94. The molecule has 82 valence electrons. The van der Waals surface area contributed by atoms with E-state index in [4.69, 9.17) is 4.74 Å². The highest BCUT2D eigenvalue weighted by atomic mass is 16.5. The first-order valence-electron chi connectivity index (χ1n) is 5.30. The molecule has 0 aromatic heterocycles. The fourth-order valence-electron chi connectivity index (χ4n) is 1.19. The molecule has 1 aromatic rings. The van der Waals surface area contributed by atoms with E-state index < -0.39 is 0 Å². The molecule has 1 atom stereocenters. The Hall–Kier alpha value is -1.15. The number of ketones is 1. The summed E-state index contributed by atoms with van der Waals surface area (Å²) >= 11 is 0. The second-order valence-electron chi connectivity index (χ2n) is 3.98. The van der Waals surface area contributed by atoms with Crippen LogP contribution in [0.5, 0.6) is 0 Å². The van der Waals surface area contributed by atoms with E-state index in [1.54, 1.807) is 0 Å². The first-order chi connectivity index (χ1) is 7.11. The van der Waals surface area contributed by atoms with Crippen LogP contribution in [0.1, 0.15) is 32.4 Å². The maximum absolute atomic E-state index is 11.4. The predicted octanol–water partition coefficient (Wildman–Crippen LogP) is 2.99. The zero-order valence-corrected chi connectivity index (χ0v) is 9.57. The van der Waals surface area contributed by atoms with E-state index in [0.717, 1.165) is 5.56 Å². The van der Waals surface area contributed by atoms with Crippen LogP contribution < -0.4 is 0 Å². The molecule has 0 fully saturated rings. The summed E-state index contributed by atoms with van der Waals surface area (Å²) in [4.78, 5) is 11.4. The van der Waals surface area contributed by atoms with E-state index in [1.807, 2.05) is 51.1 Å². The Labute approximate surface area is 91.3 Å². The van der Waals surface area contributed by atoms with Crippen molar-refractivity contribution in [1.82, 2.24) is 0 Å². The maximum Gasteiger partial charge on any atom is 0.161 e. The van der Waals surface area contributed by atoms with Crippen molar-refractivity contribution in [2.45, 2.75) is 26.9 Å². The monoisotopic (exact) mass is 206 g/mol. The Morgan fingerprint density at radius 3 is 2.33 bits per heavy atom. The van der Waals surface area contributed by atoms with Crippen LogP contribution in [-0.2, 0) is 9.53 Å². The third-order valence-corrected chi connectivity index (χ3v) is 2.39. The minimum absolute atomic E-state index is 0.0195. The lowest BCUT2D eigenvalue weighted by Gasteiger charge is -2.13. The van der Waals surface area contributed by atoms with Gasteiger partial charge in [-0.2, -0.15) is 0 Å². The lowest BCUT2D eigenvalue weighted by atomic mass is 10.1. The van der Waals surface area contributed by atoms with Gasteiger partial charge in [-0.3, -0.25) is 4.79 Å². The van der Waals surface area contributed by atoms with Gasteiger partial charge in [-0.1, -0.05) is 44.2 Å². The Morgan fingerprint density at radius 2 is 1.80 bits per heavy atom. The van der Waals surface area contributed by atoms with Gasteiger partial charge in [0.05, 0.1) is 6.10 Å². The van der Waals surface area contributed by atoms with Gasteiger partial charge >= 0.3 is 0 Å². The average molecular weight is 206 g/mol. The third-order valence-electron chi connectivity index (χ3n) is 2.39. The normalized spacial score (nSPS) is 12.8. The zero-order chi connectivity index (χ0) is 11.3. The van der Waals surface area contributed by atoms with Crippen LogP contribution in [0.15, 0.2) is 30.3 Å². The molecule has 0 amide bonds. The van der Waals surface area contributed by atoms with Gasteiger partial charge < -0.3 is 4.74 Å². The molecule has 0 saturated carbocycles. The minimum Gasteiger partial charge on any atom is -0.366 e. The molecule has 0 aliphatic rings. The molecule has 2 heteroatoms. The molecule has 0 bridgehead atoms. The van der Waals surface area contributed by atoms with Crippen molar-refractivity contribution < 1.29 is 9.53 Å². The highest BCUT2D eigenvalue weighted by Crippen LogP contribution is 2.15. The molecule has 0 aliphatic carbocycles. The fraction of sp³-hybridized carbons (Fsp3) is 0.462. The number of benzene rings is 1. The van der Waals surface area contributed by atoms with Gasteiger partial charge in [0.25, 0.3) is 0 Å². The van der Waals surface area contributed by atoms with E-state index in [9.17, 15) is 4.79 Å². The summed E-state index contributed by atoms with van der Waals surface area (Å²) in [6, 6.07) is 9.92. The molecule has 0 heterocycles. The minimum atomic E-state index is -0.0195. The molecule has 0 spiro atoms. The summed E-state index contributed by atoms with van der Waals surface area (Å²) in [7, 11) is 0. The maximum atomic E-state index is 11.4. The molecule has 0 radical (unpaired) electrons. The molecule has 2 nitrogen and oxygen atoms in total. The molecular formula is C13H18O2. The van der Waals surface area contributed by atoms with E-state index in [-0.39, 0.29) is 24.4 Å². The molecular weight excluding hydrogens is 188 g/mol. The largest absolute Gasteiger partial charge is 0.366 e. The summed E-state index contributed by atoms with van der Waals surface area (Å²) in [6.07, 6.45) is -0.0195. The van der Waals surface area contributed by atoms with Crippen LogP contribution in [0, 0.1) is 5.92 Å². The molecule has 0 N–H and O–H groups in total. The smallest absolute Gasteiger partial charge is 0.161 e. The highest BCUT2D eigenvalue weighted by Gasteiger charge is 2.10. The standard InChI is InChI=1S/C13H18O2/c1-10(2)13(14)9-15-11(3)12-7-5-4-6-8-12/h4-8,10-11H,9H2,1-3H3. The van der Waals surface area contributed by atoms with E-state index in [0.29, 0.717) is 0 Å². The number of hydrogen-bond acceptors (Lipinski definition) is 2. The second kappa shape index (κ2) is 5.66. The van der Waals surface area contributed by atoms with Gasteiger partial charge in [0.1, 0.15) is 6.61 Å². The SMILES string of the molecule is CC(C)C(=O)COC(C)c1ccccc1. The quantitative estimate of drug-likeness (QED) is 0.740. The van der Waals surface area contributed by atoms with Crippen molar-refractivity contribution in [3.8, 4) is 0 Å². The van der Waals surface area contributed by atoms with Crippen LogP contribution in [0.4, 0.5) is 0 Å². The van der Waals surface area contributed by atoms with Crippen LogP contribution in [0.3, 0.4) is 0 Å². The number of carbonyl (C=O) groups is 1. The Bertz CT molecular complexity index is 304. The topological polar surface area (TPSA) is 26.3 Å². The van der Waals surface area contributed by atoms with Gasteiger partial charge in [-0.25, -0.2) is 0 Å². The molecule has 0 saturated heterocycles. The number of hydrogen-bond donors (Lipinski definition) is 0. The highest BCUT2D eigenvalue weighted by molar-refractivity contribution is 5.81. The van der Waals surface area contributed by atoms with E-state index in [2.05, 4.69) is 0 Å². The summed E-state index contributed by atoms with van der Waals surface area (Å²) in [5.41, 5.74) is 1.11. The van der Waals surface area contributed by atoms with E-state index in [1.165, 1.54) is 0 Å². The first kappa shape index (κ1) is 11.9. The summed E-state index contributed by atoms with van der Waals surface area (Å²) in [5.74, 6) is 0.200. The van der Waals surface area contributed by atoms with E-state index >= 15 is 0 Å². The van der Waals surface area contributed by atoms with Crippen molar-refractivity contribution in [3.63, 3.8) is 0 Å². The molecule has 1 aromatic carbocycles. The Kier molecular flexibility index (Phi) is 4.50. The first-order valence-corrected chi connectivity index (χ1v) is 5.30. The van der Waals surface area contributed by atoms with Gasteiger partial charge in [0, 0.05) is 5.92 Å². The van der Waals surface area contributed by atoms with Crippen LogP contribution in [-0.4, -0.2) is 12.4 Å². The molecule has 1 rings (SSSR count).